The van der Waals surface area contributed by atoms with E-state index in [-0.39, 0.29) is 17.9 Å². The van der Waals surface area contributed by atoms with E-state index in [1.165, 1.54) is 0 Å². The molecule has 0 radical (unpaired) electrons. The molecule has 1 saturated heterocycles. The summed E-state index contributed by atoms with van der Waals surface area (Å²) >= 11 is 0. The summed E-state index contributed by atoms with van der Waals surface area (Å²) in [4.78, 5) is 25.4. The van der Waals surface area contributed by atoms with E-state index in [2.05, 4.69) is 5.32 Å². The number of likely N-dealkylation sites (tertiary alicyclic amines) is 1. The summed E-state index contributed by atoms with van der Waals surface area (Å²) in [5, 5.41) is 3.09. The third-order valence-corrected chi connectivity index (χ3v) is 4.51. The summed E-state index contributed by atoms with van der Waals surface area (Å²) < 4.78 is 2.03. The van der Waals surface area contributed by atoms with Gasteiger partial charge in [-0.05, 0) is 42.7 Å². The lowest BCUT2D eigenvalue weighted by atomic mass is 10.0. The van der Waals surface area contributed by atoms with Gasteiger partial charge in [0.2, 0.25) is 11.8 Å². The Labute approximate surface area is 142 Å². The largest absolute Gasteiger partial charge is 0.353 e. The molecule has 5 nitrogen and oxygen atoms in total. The van der Waals surface area contributed by atoms with E-state index in [4.69, 9.17) is 0 Å². The molecular weight excluding hydrogens is 302 g/mol. The maximum Gasteiger partial charge on any atom is 0.224 e. The summed E-state index contributed by atoms with van der Waals surface area (Å²) in [6, 6.07) is 12.2. The topological polar surface area (TPSA) is 54.3 Å². The molecule has 1 N–H and O–H groups in total. The van der Waals surface area contributed by atoms with E-state index in [1.54, 1.807) is 6.92 Å². The average Bonchev–Trinajstić information content (AvgIpc) is 3.10. The van der Waals surface area contributed by atoms with Gasteiger partial charge < -0.3 is 14.8 Å². The molecule has 24 heavy (non-hydrogen) atoms. The Kier molecular flexibility index (Phi) is 4.99. The van der Waals surface area contributed by atoms with E-state index < -0.39 is 0 Å². The molecule has 1 fully saturated rings. The molecule has 0 spiro atoms. The average molecular weight is 325 g/mol. The standard InChI is InChI=1S/C19H23N3O2/c1-15(23)21-12-8-17(9-13-21)20-19(24)14-16-4-6-18(7-5-16)22-10-2-3-11-22/h2-7,10-11,17H,8-9,12-14H2,1H3,(H,20,24). The highest BCUT2D eigenvalue weighted by Gasteiger charge is 2.21. The maximum absolute atomic E-state index is 12.2. The molecule has 126 valence electrons. The lowest BCUT2D eigenvalue weighted by molar-refractivity contribution is -0.130. The summed E-state index contributed by atoms with van der Waals surface area (Å²) in [5.74, 6) is 0.160. The minimum atomic E-state index is 0.0463. The van der Waals surface area contributed by atoms with Crippen LogP contribution in [0.3, 0.4) is 0 Å². The molecule has 5 heteroatoms. The molecule has 1 aromatic heterocycles. The van der Waals surface area contributed by atoms with Gasteiger partial charge in [-0.3, -0.25) is 9.59 Å². The molecule has 0 aliphatic carbocycles. The fourth-order valence-electron chi connectivity index (χ4n) is 3.10. The van der Waals surface area contributed by atoms with Gasteiger partial charge in [-0.2, -0.15) is 0 Å². The molecular formula is C19H23N3O2. The van der Waals surface area contributed by atoms with Crippen molar-refractivity contribution in [2.24, 2.45) is 0 Å². The van der Waals surface area contributed by atoms with Crippen molar-refractivity contribution in [3.8, 4) is 5.69 Å². The van der Waals surface area contributed by atoms with Gasteiger partial charge >= 0.3 is 0 Å². The SMILES string of the molecule is CC(=O)N1CCC(NC(=O)Cc2ccc(-n3cccc3)cc2)CC1. The predicted molar refractivity (Wildman–Crippen MR) is 92.9 cm³/mol. The fourth-order valence-corrected chi connectivity index (χ4v) is 3.10. The van der Waals surface area contributed by atoms with Crippen molar-refractivity contribution in [1.29, 1.82) is 0 Å². The van der Waals surface area contributed by atoms with E-state index in [0.29, 0.717) is 6.42 Å². The molecule has 2 amide bonds. The second kappa shape index (κ2) is 7.34. The highest BCUT2D eigenvalue weighted by atomic mass is 16.2. The number of nitrogens with zero attached hydrogens (tertiary/aromatic N) is 2. The highest BCUT2D eigenvalue weighted by Crippen LogP contribution is 2.12. The number of rotatable bonds is 4. The number of carbonyl (C=O) groups excluding carboxylic acids is 2. The summed E-state index contributed by atoms with van der Waals surface area (Å²) in [7, 11) is 0. The van der Waals surface area contributed by atoms with E-state index in [1.807, 2.05) is 58.3 Å². The first-order valence-electron chi connectivity index (χ1n) is 8.39. The highest BCUT2D eigenvalue weighted by molar-refractivity contribution is 5.79. The van der Waals surface area contributed by atoms with Gasteiger partial charge in [-0.25, -0.2) is 0 Å². The van der Waals surface area contributed by atoms with Gasteiger partial charge in [0.15, 0.2) is 0 Å². The van der Waals surface area contributed by atoms with Gasteiger partial charge in [0.05, 0.1) is 6.42 Å². The number of nitrogens with one attached hydrogen (secondary N) is 1. The lowest BCUT2D eigenvalue weighted by Gasteiger charge is -2.31. The van der Waals surface area contributed by atoms with E-state index in [9.17, 15) is 9.59 Å². The minimum Gasteiger partial charge on any atom is -0.353 e. The Bertz CT molecular complexity index is 684. The van der Waals surface area contributed by atoms with Crippen molar-refractivity contribution < 1.29 is 9.59 Å². The maximum atomic E-state index is 12.2. The van der Waals surface area contributed by atoms with Gasteiger partial charge in [0.25, 0.3) is 0 Å². The quantitative estimate of drug-likeness (QED) is 0.936. The van der Waals surface area contributed by atoms with Gasteiger partial charge in [0, 0.05) is 44.1 Å². The van der Waals surface area contributed by atoms with Crippen LogP contribution in [-0.2, 0) is 16.0 Å². The number of piperidine rings is 1. The summed E-state index contributed by atoms with van der Waals surface area (Å²) in [5.41, 5.74) is 2.09. The Balaban J connectivity index is 1.49. The molecule has 1 aromatic carbocycles. The van der Waals surface area contributed by atoms with Crippen molar-refractivity contribution in [2.45, 2.75) is 32.2 Å². The zero-order valence-corrected chi connectivity index (χ0v) is 13.9. The number of amides is 2. The first-order chi connectivity index (χ1) is 11.6. The second-order valence-corrected chi connectivity index (χ2v) is 6.28. The third-order valence-electron chi connectivity index (χ3n) is 4.51. The molecule has 0 unspecified atom stereocenters. The summed E-state index contributed by atoms with van der Waals surface area (Å²) in [6.07, 6.45) is 6.04. The smallest absolute Gasteiger partial charge is 0.224 e. The van der Waals surface area contributed by atoms with Crippen LogP contribution < -0.4 is 5.32 Å². The van der Waals surface area contributed by atoms with Crippen LogP contribution in [0.15, 0.2) is 48.8 Å². The van der Waals surface area contributed by atoms with Crippen LogP contribution in [0.5, 0.6) is 0 Å². The van der Waals surface area contributed by atoms with Crippen LogP contribution in [0.1, 0.15) is 25.3 Å². The third kappa shape index (κ3) is 4.04. The first-order valence-corrected chi connectivity index (χ1v) is 8.39. The number of hydrogen-bond donors (Lipinski definition) is 1. The van der Waals surface area contributed by atoms with Crippen LogP contribution in [0, 0.1) is 0 Å². The zero-order valence-electron chi connectivity index (χ0n) is 13.9. The van der Waals surface area contributed by atoms with Crippen LogP contribution >= 0.6 is 0 Å². The molecule has 1 aliphatic heterocycles. The molecule has 1 aliphatic rings. The fraction of sp³-hybridized carbons (Fsp3) is 0.368. The molecule has 2 aromatic rings. The van der Waals surface area contributed by atoms with Crippen LogP contribution in [0.2, 0.25) is 0 Å². The Morgan fingerprint density at radius 1 is 1.08 bits per heavy atom. The zero-order chi connectivity index (χ0) is 16.9. The number of aromatic nitrogens is 1. The monoisotopic (exact) mass is 325 g/mol. The number of carbonyl (C=O) groups is 2. The van der Waals surface area contributed by atoms with E-state index >= 15 is 0 Å². The van der Waals surface area contributed by atoms with Crippen molar-refractivity contribution >= 4 is 11.8 Å². The minimum absolute atomic E-state index is 0.0463. The van der Waals surface area contributed by atoms with Gasteiger partial charge in [0.1, 0.15) is 0 Å². The number of hydrogen-bond acceptors (Lipinski definition) is 2. The normalized spacial score (nSPS) is 15.3. The van der Waals surface area contributed by atoms with Crippen molar-refractivity contribution in [2.75, 3.05) is 13.1 Å². The van der Waals surface area contributed by atoms with Crippen molar-refractivity contribution in [3.63, 3.8) is 0 Å². The Morgan fingerprint density at radius 3 is 2.29 bits per heavy atom. The Morgan fingerprint density at radius 2 is 1.71 bits per heavy atom. The first kappa shape index (κ1) is 16.3. The van der Waals surface area contributed by atoms with Crippen LogP contribution in [-0.4, -0.2) is 40.4 Å². The summed E-state index contributed by atoms with van der Waals surface area (Å²) in [6.45, 7) is 3.05. The second-order valence-electron chi connectivity index (χ2n) is 6.28. The van der Waals surface area contributed by atoms with Gasteiger partial charge in [-0.15, -0.1) is 0 Å². The molecule has 0 saturated carbocycles. The van der Waals surface area contributed by atoms with Crippen molar-refractivity contribution in [3.05, 3.63) is 54.4 Å². The molecule has 2 heterocycles. The van der Waals surface area contributed by atoms with Crippen molar-refractivity contribution in [1.82, 2.24) is 14.8 Å². The molecule has 3 rings (SSSR count). The molecule has 0 atom stereocenters. The Hall–Kier alpha value is -2.56. The lowest BCUT2D eigenvalue weighted by Crippen LogP contribution is -2.46. The number of benzene rings is 1. The molecule has 0 bridgehead atoms. The van der Waals surface area contributed by atoms with Crippen LogP contribution in [0.25, 0.3) is 5.69 Å². The van der Waals surface area contributed by atoms with Gasteiger partial charge in [-0.1, -0.05) is 12.1 Å². The predicted octanol–water partition coefficient (Wildman–Crippen LogP) is 2.15. The van der Waals surface area contributed by atoms with Crippen LogP contribution in [0.4, 0.5) is 0 Å². The van der Waals surface area contributed by atoms with E-state index in [0.717, 1.165) is 37.2 Å².